The molecule has 1 saturated carbocycles. The molecule has 0 bridgehead atoms. The number of benzene rings is 1. The summed E-state index contributed by atoms with van der Waals surface area (Å²) < 4.78 is 13.1. The molecule has 1 amide bonds. The van der Waals surface area contributed by atoms with Gasteiger partial charge >= 0.3 is 0 Å². The lowest BCUT2D eigenvalue weighted by Gasteiger charge is -2.41. The van der Waals surface area contributed by atoms with Gasteiger partial charge in [0, 0.05) is 10.9 Å². The number of aryl methyl sites for hydroxylation is 1. The molecule has 1 aromatic rings. The van der Waals surface area contributed by atoms with Crippen molar-refractivity contribution in [1.29, 1.82) is 0 Å². The summed E-state index contributed by atoms with van der Waals surface area (Å²) in [6, 6.07) is 4.30. The molecule has 0 saturated heterocycles. The molecule has 1 aromatic carbocycles. The zero-order chi connectivity index (χ0) is 12.5. The number of alkyl halides is 1. The number of amides is 1. The fourth-order valence-corrected chi connectivity index (χ4v) is 2.74. The Kier molecular flexibility index (Phi) is 3.52. The highest BCUT2D eigenvalue weighted by Crippen LogP contribution is 2.33. The molecule has 2 nitrogen and oxygen atoms in total. The van der Waals surface area contributed by atoms with E-state index < -0.39 is 0 Å². The fraction of sp³-hybridized carbons (Fsp3) is 0.462. The summed E-state index contributed by atoms with van der Waals surface area (Å²) in [6.45, 7) is 1.82. The first-order valence-electron chi connectivity index (χ1n) is 5.71. The second-order valence-corrected chi connectivity index (χ2v) is 5.24. The maximum absolute atomic E-state index is 13.1. The Morgan fingerprint density at radius 3 is 2.76 bits per heavy atom. The van der Waals surface area contributed by atoms with Gasteiger partial charge in [-0.2, -0.15) is 0 Å². The highest BCUT2D eigenvalue weighted by atomic mass is 79.9. The first-order chi connectivity index (χ1) is 8.06. The molecule has 1 fully saturated rings. The zero-order valence-corrected chi connectivity index (χ0v) is 11.3. The largest absolute Gasteiger partial charge is 0.346 e. The van der Waals surface area contributed by atoms with E-state index in [1.165, 1.54) is 12.1 Å². The summed E-state index contributed by atoms with van der Waals surface area (Å²) in [4.78, 5) is 12.1. The second kappa shape index (κ2) is 4.77. The van der Waals surface area contributed by atoms with E-state index in [-0.39, 0.29) is 17.3 Å². The van der Waals surface area contributed by atoms with Gasteiger partial charge in [-0.25, -0.2) is 4.39 Å². The van der Waals surface area contributed by atoms with Crippen LogP contribution < -0.4 is 5.32 Å². The third-order valence-electron chi connectivity index (χ3n) is 3.39. The third kappa shape index (κ3) is 2.51. The molecule has 0 spiro atoms. The molecule has 0 unspecified atom stereocenters. The molecule has 0 heterocycles. The van der Waals surface area contributed by atoms with Crippen molar-refractivity contribution in [2.75, 3.05) is 5.33 Å². The molecule has 1 aliphatic rings. The average molecular weight is 300 g/mol. The van der Waals surface area contributed by atoms with Gasteiger partial charge in [0.1, 0.15) is 5.82 Å². The van der Waals surface area contributed by atoms with E-state index in [2.05, 4.69) is 21.2 Å². The quantitative estimate of drug-likeness (QED) is 0.854. The Balaban J connectivity index is 2.17. The maximum Gasteiger partial charge on any atom is 0.252 e. The van der Waals surface area contributed by atoms with Crippen LogP contribution in [0.3, 0.4) is 0 Å². The molecular formula is C13H15BrFNO. The van der Waals surface area contributed by atoms with E-state index in [0.717, 1.165) is 30.2 Å². The van der Waals surface area contributed by atoms with Crippen molar-refractivity contribution in [1.82, 2.24) is 5.32 Å². The predicted molar refractivity (Wildman–Crippen MR) is 69.0 cm³/mol. The third-order valence-corrected chi connectivity index (χ3v) is 4.46. The SMILES string of the molecule is Cc1ccc(F)cc1C(=O)NC1(CBr)CCC1. The average Bonchev–Trinajstić information content (AvgIpc) is 2.26. The minimum atomic E-state index is -0.373. The van der Waals surface area contributed by atoms with E-state index in [9.17, 15) is 9.18 Å². The van der Waals surface area contributed by atoms with Gasteiger partial charge in [0.2, 0.25) is 0 Å². The fourth-order valence-electron chi connectivity index (χ4n) is 2.04. The summed E-state index contributed by atoms with van der Waals surface area (Å²) in [5.41, 5.74) is 1.10. The van der Waals surface area contributed by atoms with E-state index in [0.29, 0.717) is 5.56 Å². The number of hydrogen-bond donors (Lipinski definition) is 1. The minimum absolute atomic E-state index is 0.129. The Morgan fingerprint density at radius 2 is 2.24 bits per heavy atom. The molecule has 0 radical (unpaired) electrons. The number of halogens is 2. The summed E-state index contributed by atoms with van der Waals surface area (Å²) in [7, 11) is 0. The van der Waals surface area contributed by atoms with Crippen LogP contribution in [0.4, 0.5) is 4.39 Å². The molecule has 1 N–H and O–H groups in total. The topological polar surface area (TPSA) is 29.1 Å². The van der Waals surface area contributed by atoms with E-state index in [1.54, 1.807) is 6.07 Å². The van der Waals surface area contributed by atoms with Crippen molar-refractivity contribution >= 4 is 21.8 Å². The lowest BCUT2D eigenvalue weighted by atomic mass is 9.78. The molecule has 0 aliphatic heterocycles. The Labute approximate surface area is 109 Å². The van der Waals surface area contributed by atoms with Gasteiger partial charge in [0.15, 0.2) is 0 Å². The molecule has 92 valence electrons. The monoisotopic (exact) mass is 299 g/mol. The van der Waals surface area contributed by atoms with Gasteiger partial charge in [0.25, 0.3) is 5.91 Å². The Morgan fingerprint density at radius 1 is 1.53 bits per heavy atom. The van der Waals surface area contributed by atoms with Gasteiger partial charge in [-0.3, -0.25) is 4.79 Å². The lowest BCUT2D eigenvalue weighted by molar-refractivity contribution is 0.0855. The summed E-state index contributed by atoms with van der Waals surface area (Å²) in [6.07, 6.45) is 3.10. The second-order valence-electron chi connectivity index (χ2n) is 4.68. The van der Waals surface area contributed by atoms with Gasteiger partial charge in [0.05, 0.1) is 5.54 Å². The number of carbonyl (C=O) groups excluding carboxylic acids is 1. The highest BCUT2D eigenvalue weighted by molar-refractivity contribution is 9.09. The molecule has 0 aromatic heterocycles. The van der Waals surface area contributed by atoms with Crippen LogP contribution in [0.25, 0.3) is 0 Å². The number of rotatable bonds is 3. The molecule has 2 rings (SSSR count). The van der Waals surface area contributed by atoms with Crippen molar-refractivity contribution in [3.63, 3.8) is 0 Å². The first-order valence-corrected chi connectivity index (χ1v) is 6.83. The van der Waals surface area contributed by atoms with Crippen LogP contribution in [0, 0.1) is 12.7 Å². The summed E-state index contributed by atoms with van der Waals surface area (Å²) in [5, 5.41) is 3.76. The molecule has 4 heteroatoms. The van der Waals surface area contributed by atoms with Gasteiger partial charge in [-0.1, -0.05) is 22.0 Å². The highest BCUT2D eigenvalue weighted by Gasteiger charge is 2.37. The van der Waals surface area contributed by atoms with Crippen LogP contribution in [0.15, 0.2) is 18.2 Å². The van der Waals surface area contributed by atoms with Crippen molar-refractivity contribution in [2.24, 2.45) is 0 Å². The normalized spacial score (nSPS) is 17.4. The standard InChI is InChI=1S/C13H15BrFNO/c1-9-3-4-10(15)7-11(9)12(17)16-13(8-14)5-2-6-13/h3-4,7H,2,5-6,8H2,1H3,(H,16,17). The van der Waals surface area contributed by atoms with E-state index in [1.807, 2.05) is 6.92 Å². The molecule has 17 heavy (non-hydrogen) atoms. The van der Waals surface area contributed by atoms with E-state index in [4.69, 9.17) is 0 Å². The first kappa shape index (κ1) is 12.6. The molecule has 1 aliphatic carbocycles. The predicted octanol–water partition coefficient (Wildman–Crippen LogP) is 3.18. The lowest BCUT2D eigenvalue weighted by Crippen LogP contribution is -2.55. The van der Waals surface area contributed by atoms with Crippen LogP contribution in [-0.2, 0) is 0 Å². The van der Waals surface area contributed by atoms with Gasteiger partial charge < -0.3 is 5.32 Å². The number of nitrogens with one attached hydrogen (secondary N) is 1. The van der Waals surface area contributed by atoms with Crippen LogP contribution in [0.1, 0.15) is 35.2 Å². The van der Waals surface area contributed by atoms with Crippen LogP contribution >= 0.6 is 15.9 Å². The van der Waals surface area contributed by atoms with Crippen LogP contribution in [0.5, 0.6) is 0 Å². The summed E-state index contributed by atoms with van der Waals surface area (Å²) in [5.74, 6) is -0.552. The number of carbonyl (C=O) groups is 1. The Hall–Kier alpha value is -0.900. The van der Waals surface area contributed by atoms with Crippen molar-refractivity contribution in [3.8, 4) is 0 Å². The van der Waals surface area contributed by atoms with Crippen molar-refractivity contribution in [3.05, 3.63) is 35.1 Å². The molecule has 0 atom stereocenters. The maximum atomic E-state index is 13.1. The van der Waals surface area contributed by atoms with Crippen molar-refractivity contribution < 1.29 is 9.18 Å². The summed E-state index contributed by atoms with van der Waals surface area (Å²) >= 11 is 3.43. The van der Waals surface area contributed by atoms with Crippen molar-refractivity contribution in [2.45, 2.75) is 31.7 Å². The van der Waals surface area contributed by atoms with Crippen LogP contribution in [-0.4, -0.2) is 16.8 Å². The zero-order valence-electron chi connectivity index (χ0n) is 9.72. The minimum Gasteiger partial charge on any atom is -0.346 e. The van der Waals surface area contributed by atoms with Gasteiger partial charge in [-0.05, 0) is 43.9 Å². The van der Waals surface area contributed by atoms with Crippen LogP contribution in [0.2, 0.25) is 0 Å². The number of hydrogen-bond acceptors (Lipinski definition) is 1. The Bertz CT molecular complexity index is 438. The molecular weight excluding hydrogens is 285 g/mol. The van der Waals surface area contributed by atoms with Gasteiger partial charge in [-0.15, -0.1) is 0 Å². The smallest absolute Gasteiger partial charge is 0.252 e. The van der Waals surface area contributed by atoms with E-state index >= 15 is 0 Å².